The molecule has 9 nitrogen and oxygen atoms in total. The quantitative estimate of drug-likeness (QED) is 0.0212. The predicted octanol–water partition coefficient (Wildman–Crippen LogP) is 17.8. The normalized spacial score (nSPS) is 14.2. The Kier molecular flexibility index (Phi) is 51.0. The molecule has 0 aromatic carbocycles. The molecule has 0 spiro atoms. The van der Waals surface area contributed by atoms with E-state index in [1.807, 2.05) is 33.3 Å². The molecule has 3 atom stereocenters. The first-order valence-corrected chi connectivity index (χ1v) is 31.7. The highest BCUT2D eigenvalue weighted by molar-refractivity contribution is 7.45. The van der Waals surface area contributed by atoms with E-state index in [9.17, 15) is 19.0 Å². The molecule has 1 N–H and O–H groups in total. The molecule has 0 aliphatic carbocycles. The summed E-state index contributed by atoms with van der Waals surface area (Å²) in [4.78, 5) is 39.9. The number of unbranched alkanes of at least 4 members (excludes halogenated alkanes) is 28. The largest absolute Gasteiger partial charge is 0.756 e. The van der Waals surface area contributed by atoms with Gasteiger partial charge >= 0.3 is 5.97 Å². The molecule has 0 rings (SSSR count). The number of carbonyl (C=O) groups is 2. The van der Waals surface area contributed by atoms with Crippen LogP contribution in [-0.4, -0.2) is 69.4 Å². The van der Waals surface area contributed by atoms with Crippen LogP contribution in [0.5, 0.6) is 0 Å². The van der Waals surface area contributed by atoms with Crippen molar-refractivity contribution in [3.63, 3.8) is 0 Å². The summed E-state index contributed by atoms with van der Waals surface area (Å²) in [6.45, 7) is 6.78. The first-order valence-electron chi connectivity index (χ1n) is 30.2. The molecule has 0 radical (unpaired) electrons. The maximum Gasteiger partial charge on any atom is 0.306 e. The zero-order valence-electron chi connectivity index (χ0n) is 48.3. The third kappa shape index (κ3) is 54.1. The fourth-order valence-electron chi connectivity index (χ4n) is 8.38. The average molecular weight is 1040 g/mol. The van der Waals surface area contributed by atoms with Crippen LogP contribution in [-0.2, 0) is 27.9 Å². The van der Waals surface area contributed by atoms with Gasteiger partial charge < -0.3 is 28.5 Å². The van der Waals surface area contributed by atoms with Gasteiger partial charge in [0.05, 0.1) is 33.8 Å². The first kappa shape index (κ1) is 70.5. The van der Waals surface area contributed by atoms with Crippen LogP contribution in [0.2, 0.25) is 0 Å². The number of amides is 1. The molecule has 0 aromatic rings. The summed E-state index contributed by atoms with van der Waals surface area (Å²) in [5.41, 5.74) is 0. The van der Waals surface area contributed by atoms with Crippen LogP contribution in [0.3, 0.4) is 0 Å². The molecule has 0 heterocycles. The Morgan fingerprint density at radius 2 is 0.836 bits per heavy atom. The van der Waals surface area contributed by atoms with Crippen molar-refractivity contribution in [2.24, 2.45) is 0 Å². The smallest absolute Gasteiger partial charge is 0.306 e. The lowest BCUT2D eigenvalue weighted by atomic mass is 10.1. The Morgan fingerprint density at radius 1 is 0.479 bits per heavy atom. The molecule has 0 aliphatic heterocycles. The van der Waals surface area contributed by atoms with Crippen LogP contribution in [0, 0.1) is 0 Å². The Balaban J connectivity index is 5.33. The van der Waals surface area contributed by atoms with Gasteiger partial charge in [0.15, 0.2) is 0 Å². The number of quaternary nitrogens is 1. The number of phosphoric ester groups is 1. The lowest BCUT2D eigenvalue weighted by molar-refractivity contribution is -0.870. The maximum atomic E-state index is 13.5. The summed E-state index contributed by atoms with van der Waals surface area (Å²) >= 11 is 0. The Labute approximate surface area is 451 Å². The molecule has 0 aliphatic rings. The zero-order valence-corrected chi connectivity index (χ0v) is 49.2. The number of likely N-dealkylation sites (N-methyl/N-ethyl adjacent to an activating group) is 1. The Morgan fingerprint density at radius 3 is 1.30 bits per heavy atom. The fraction of sp³-hybridized carbons (Fsp3) is 0.778. The standard InChI is InChI=1S/C63H115N2O7P/c1-7-10-13-16-19-22-25-27-29-31-32-34-35-37-40-43-46-49-52-55-62(66)64-60(59-71-73(68,69)70-58-57-65(4,5)6)61(54-51-48-45-42-39-24-21-18-15-12-9-3)72-63(67)56-53-50-47-44-41-38-36-33-30-28-26-23-20-17-14-11-8-2/h19,22,27-30,32,34,37,40,51,54,60-61H,7-18,20-21,23-26,31,33,35-36,38-39,41-50,52-53,55-59H2,1-6H3,(H-,64,66,68,69)/b22-19-,29-27-,30-28+,34-32-,40-37-,54-51+. The summed E-state index contributed by atoms with van der Waals surface area (Å²) in [5, 5.41) is 3.00. The van der Waals surface area contributed by atoms with E-state index in [2.05, 4.69) is 86.8 Å². The molecule has 0 fully saturated rings. The number of hydrogen-bond donors (Lipinski definition) is 1. The summed E-state index contributed by atoms with van der Waals surface area (Å²) in [6.07, 6.45) is 67.2. The molecule has 0 bridgehead atoms. The number of ether oxygens (including phenoxy) is 1. The van der Waals surface area contributed by atoms with Gasteiger partial charge in [0.25, 0.3) is 7.82 Å². The molecular weight excluding hydrogens is 928 g/mol. The SMILES string of the molecule is CCCCC/C=C\C/C=C\C/C=C\C/C=C\CCCCCC(=O)NC(COP(=O)([O-])OCC[N+](C)(C)C)C(/C=C/CCCCCCCCCCC)OC(=O)CCCCCCCCC/C=C/CCCCCCCC. The van der Waals surface area contributed by atoms with Gasteiger partial charge in [-0.05, 0) is 102 Å². The molecule has 10 heteroatoms. The lowest BCUT2D eigenvalue weighted by Crippen LogP contribution is -2.47. The van der Waals surface area contributed by atoms with Crippen LogP contribution >= 0.6 is 7.82 Å². The van der Waals surface area contributed by atoms with Crippen LogP contribution in [0.1, 0.15) is 265 Å². The average Bonchev–Trinajstić information content (AvgIpc) is 3.35. The van der Waals surface area contributed by atoms with Crippen molar-refractivity contribution in [3.8, 4) is 0 Å². The van der Waals surface area contributed by atoms with Crippen LogP contribution < -0.4 is 10.2 Å². The number of esters is 1. The molecule has 3 unspecified atom stereocenters. The van der Waals surface area contributed by atoms with Crippen molar-refractivity contribution in [2.45, 2.75) is 277 Å². The fourth-order valence-corrected chi connectivity index (χ4v) is 9.10. The minimum absolute atomic E-state index is 0.0316. The van der Waals surface area contributed by atoms with Gasteiger partial charge in [-0.2, -0.15) is 0 Å². The van der Waals surface area contributed by atoms with Crippen molar-refractivity contribution in [2.75, 3.05) is 40.9 Å². The molecular formula is C63H115N2O7P. The van der Waals surface area contributed by atoms with Gasteiger partial charge in [-0.15, -0.1) is 0 Å². The van der Waals surface area contributed by atoms with E-state index in [0.717, 1.165) is 89.9 Å². The van der Waals surface area contributed by atoms with E-state index in [1.54, 1.807) is 0 Å². The molecule has 0 aromatic heterocycles. The van der Waals surface area contributed by atoms with E-state index >= 15 is 0 Å². The molecule has 424 valence electrons. The second-order valence-corrected chi connectivity index (χ2v) is 22.9. The topological polar surface area (TPSA) is 114 Å². The molecule has 0 saturated carbocycles. The van der Waals surface area contributed by atoms with E-state index in [1.165, 1.54) is 135 Å². The number of allylic oxidation sites excluding steroid dienone is 11. The number of nitrogens with zero attached hydrogens (tertiary/aromatic N) is 1. The van der Waals surface area contributed by atoms with Gasteiger partial charge in [-0.25, -0.2) is 0 Å². The summed E-state index contributed by atoms with van der Waals surface area (Å²) in [5.74, 6) is -0.582. The third-order valence-electron chi connectivity index (χ3n) is 13.1. The van der Waals surface area contributed by atoms with Crippen LogP contribution in [0.4, 0.5) is 0 Å². The van der Waals surface area contributed by atoms with Crippen molar-refractivity contribution in [1.29, 1.82) is 0 Å². The highest BCUT2D eigenvalue weighted by Crippen LogP contribution is 2.38. The van der Waals surface area contributed by atoms with Crippen molar-refractivity contribution in [3.05, 3.63) is 72.9 Å². The number of nitrogens with one attached hydrogen (secondary N) is 1. The van der Waals surface area contributed by atoms with Crippen molar-refractivity contribution in [1.82, 2.24) is 5.32 Å². The highest BCUT2D eigenvalue weighted by Gasteiger charge is 2.27. The number of rotatable bonds is 54. The van der Waals surface area contributed by atoms with Crippen LogP contribution in [0.25, 0.3) is 0 Å². The van der Waals surface area contributed by atoms with Crippen LogP contribution in [0.15, 0.2) is 72.9 Å². The number of phosphoric acid groups is 1. The van der Waals surface area contributed by atoms with Crippen molar-refractivity contribution >= 4 is 19.7 Å². The number of carbonyl (C=O) groups excluding carboxylic acids is 2. The monoisotopic (exact) mass is 1040 g/mol. The highest BCUT2D eigenvalue weighted by atomic mass is 31.2. The predicted molar refractivity (Wildman–Crippen MR) is 312 cm³/mol. The summed E-state index contributed by atoms with van der Waals surface area (Å²) in [7, 11) is 1.16. The van der Waals surface area contributed by atoms with Gasteiger partial charge in [-0.3, -0.25) is 14.2 Å². The van der Waals surface area contributed by atoms with Gasteiger partial charge in [0.1, 0.15) is 19.3 Å². The third-order valence-corrected chi connectivity index (χ3v) is 14.1. The van der Waals surface area contributed by atoms with E-state index in [4.69, 9.17) is 13.8 Å². The molecule has 0 saturated heterocycles. The van der Waals surface area contributed by atoms with Gasteiger partial charge in [0.2, 0.25) is 5.91 Å². The lowest BCUT2D eigenvalue weighted by Gasteiger charge is -2.30. The van der Waals surface area contributed by atoms with E-state index < -0.39 is 26.6 Å². The second-order valence-electron chi connectivity index (χ2n) is 21.5. The van der Waals surface area contributed by atoms with Gasteiger partial charge in [-0.1, -0.05) is 222 Å². The minimum Gasteiger partial charge on any atom is -0.756 e. The minimum atomic E-state index is -4.71. The Hall–Kier alpha value is -2.55. The van der Waals surface area contributed by atoms with Crippen molar-refractivity contribution < 1.29 is 37.3 Å². The number of hydrogen-bond acceptors (Lipinski definition) is 7. The summed E-state index contributed by atoms with van der Waals surface area (Å²) < 4.78 is 30.2. The maximum absolute atomic E-state index is 13.5. The Bertz CT molecular complexity index is 1480. The van der Waals surface area contributed by atoms with Gasteiger partial charge in [0, 0.05) is 12.8 Å². The second kappa shape index (κ2) is 52.9. The summed E-state index contributed by atoms with van der Waals surface area (Å²) in [6, 6.07) is -0.908. The van der Waals surface area contributed by atoms with E-state index in [-0.39, 0.29) is 31.3 Å². The first-order chi connectivity index (χ1) is 35.4. The zero-order chi connectivity index (χ0) is 53.6. The molecule has 73 heavy (non-hydrogen) atoms. The van der Waals surface area contributed by atoms with E-state index in [0.29, 0.717) is 17.4 Å². The molecule has 1 amide bonds.